The average Bonchev–Trinajstić information content (AvgIpc) is 2.61. The van der Waals surface area contributed by atoms with E-state index >= 15 is 0 Å². The van der Waals surface area contributed by atoms with Gasteiger partial charge in [-0.15, -0.1) is 0 Å². The third-order valence-corrected chi connectivity index (χ3v) is 5.53. The van der Waals surface area contributed by atoms with Crippen molar-refractivity contribution in [1.82, 2.24) is 4.72 Å². The van der Waals surface area contributed by atoms with Gasteiger partial charge in [-0.2, -0.15) is 4.72 Å². The molecule has 0 spiro atoms. The van der Waals surface area contributed by atoms with Crippen molar-refractivity contribution in [1.29, 1.82) is 0 Å². The lowest BCUT2D eigenvalue weighted by atomic mass is 10.1. The Balaban J connectivity index is 2.10. The molecule has 2 aromatic rings. The second kappa shape index (κ2) is 8.99. The standard InChI is InChI=1S/C20H24N2O5S/c1-13(2)12-18(20(24)25)22-28(26,27)17-10-8-16(9-11-17)21-19(23)15-6-4-14(3)5-7-15/h4-11,13,18,22H,12H2,1-3H3,(H,21,23)(H,24,25)/t18-/m0/s1. The van der Waals surface area contributed by atoms with E-state index in [4.69, 9.17) is 0 Å². The molecule has 1 atom stereocenters. The maximum absolute atomic E-state index is 12.5. The number of carbonyl (C=O) groups excluding carboxylic acids is 1. The zero-order valence-corrected chi connectivity index (χ0v) is 16.8. The van der Waals surface area contributed by atoms with Gasteiger partial charge in [-0.05, 0) is 55.7 Å². The van der Waals surface area contributed by atoms with Crippen molar-refractivity contribution in [3.05, 3.63) is 59.7 Å². The van der Waals surface area contributed by atoms with Crippen LogP contribution in [0.15, 0.2) is 53.4 Å². The number of carboxylic acid groups (broad SMARTS) is 1. The van der Waals surface area contributed by atoms with Gasteiger partial charge >= 0.3 is 5.97 Å². The number of rotatable bonds is 8. The molecule has 0 saturated carbocycles. The minimum absolute atomic E-state index is 0.0168. The normalized spacial score (nSPS) is 12.6. The molecule has 0 saturated heterocycles. The Morgan fingerprint density at radius 3 is 2.07 bits per heavy atom. The van der Waals surface area contributed by atoms with Crippen LogP contribution in [-0.4, -0.2) is 31.4 Å². The lowest BCUT2D eigenvalue weighted by molar-refractivity contribution is -0.139. The number of hydrogen-bond donors (Lipinski definition) is 3. The monoisotopic (exact) mass is 404 g/mol. The Morgan fingerprint density at radius 2 is 1.57 bits per heavy atom. The molecule has 0 heterocycles. The summed E-state index contributed by atoms with van der Waals surface area (Å²) >= 11 is 0. The van der Waals surface area contributed by atoms with E-state index in [0.29, 0.717) is 11.3 Å². The lowest BCUT2D eigenvalue weighted by Gasteiger charge is -2.16. The maximum atomic E-state index is 12.5. The minimum atomic E-state index is -4.00. The van der Waals surface area contributed by atoms with Crippen LogP contribution in [0.1, 0.15) is 36.2 Å². The SMILES string of the molecule is Cc1ccc(C(=O)Nc2ccc(S(=O)(=O)N[C@@H](CC(C)C)C(=O)O)cc2)cc1. The summed E-state index contributed by atoms with van der Waals surface area (Å²) < 4.78 is 27.1. The van der Waals surface area contributed by atoms with Gasteiger partial charge < -0.3 is 10.4 Å². The van der Waals surface area contributed by atoms with Crippen LogP contribution in [0, 0.1) is 12.8 Å². The largest absolute Gasteiger partial charge is 0.480 e. The van der Waals surface area contributed by atoms with Gasteiger partial charge in [0, 0.05) is 11.3 Å². The molecule has 8 heteroatoms. The van der Waals surface area contributed by atoms with Gasteiger partial charge in [0.05, 0.1) is 4.90 Å². The van der Waals surface area contributed by atoms with E-state index < -0.39 is 22.0 Å². The molecule has 2 aromatic carbocycles. The van der Waals surface area contributed by atoms with E-state index in [9.17, 15) is 23.1 Å². The molecule has 0 fully saturated rings. The van der Waals surface area contributed by atoms with Crippen molar-refractivity contribution in [2.75, 3.05) is 5.32 Å². The average molecular weight is 404 g/mol. The number of aliphatic carboxylic acids is 1. The number of hydrogen-bond acceptors (Lipinski definition) is 4. The van der Waals surface area contributed by atoms with Crippen LogP contribution in [0.2, 0.25) is 0 Å². The summed E-state index contributed by atoms with van der Waals surface area (Å²) in [6, 6.07) is 11.4. The summed E-state index contributed by atoms with van der Waals surface area (Å²) in [4.78, 5) is 23.5. The van der Waals surface area contributed by atoms with E-state index in [-0.39, 0.29) is 23.1 Å². The summed E-state index contributed by atoms with van der Waals surface area (Å²) in [6.07, 6.45) is 0.180. The number of anilines is 1. The van der Waals surface area contributed by atoms with Gasteiger partial charge in [-0.1, -0.05) is 31.5 Å². The fraction of sp³-hybridized carbons (Fsp3) is 0.300. The summed E-state index contributed by atoms with van der Waals surface area (Å²) in [6.45, 7) is 5.55. The predicted octanol–water partition coefficient (Wildman–Crippen LogP) is 3.02. The van der Waals surface area contributed by atoms with Crippen molar-refractivity contribution in [2.24, 2.45) is 5.92 Å². The second-order valence-electron chi connectivity index (χ2n) is 6.99. The summed E-state index contributed by atoms with van der Waals surface area (Å²) in [5.74, 6) is -1.51. The summed E-state index contributed by atoms with van der Waals surface area (Å²) in [5, 5.41) is 11.9. The molecule has 28 heavy (non-hydrogen) atoms. The third-order valence-electron chi connectivity index (χ3n) is 4.04. The first kappa shape index (κ1) is 21.6. The topological polar surface area (TPSA) is 113 Å². The molecule has 0 unspecified atom stereocenters. The lowest BCUT2D eigenvalue weighted by Crippen LogP contribution is -2.41. The molecule has 0 radical (unpaired) electrons. The highest BCUT2D eigenvalue weighted by molar-refractivity contribution is 7.89. The van der Waals surface area contributed by atoms with Crippen molar-refractivity contribution in [3.8, 4) is 0 Å². The van der Waals surface area contributed by atoms with Crippen LogP contribution in [0.25, 0.3) is 0 Å². The molecule has 7 nitrogen and oxygen atoms in total. The number of aryl methyl sites for hydroxylation is 1. The Hall–Kier alpha value is -2.71. The molecule has 1 amide bonds. The van der Waals surface area contributed by atoms with Crippen LogP contribution in [0.5, 0.6) is 0 Å². The molecule has 0 aliphatic heterocycles. The smallest absolute Gasteiger partial charge is 0.321 e. The Bertz CT molecular complexity index is 936. The fourth-order valence-corrected chi connectivity index (χ4v) is 3.75. The first-order valence-electron chi connectivity index (χ1n) is 8.81. The van der Waals surface area contributed by atoms with E-state index in [2.05, 4.69) is 10.0 Å². The van der Waals surface area contributed by atoms with Crippen LogP contribution in [0.3, 0.4) is 0 Å². The molecular formula is C20H24N2O5S. The Morgan fingerprint density at radius 1 is 1.00 bits per heavy atom. The van der Waals surface area contributed by atoms with Gasteiger partial charge in [-0.25, -0.2) is 8.42 Å². The highest BCUT2D eigenvalue weighted by Gasteiger charge is 2.26. The zero-order chi connectivity index (χ0) is 20.9. The fourth-order valence-electron chi connectivity index (χ4n) is 2.55. The molecule has 0 bridgehead atoms. The molecule has 0 aromatic heterocycles. The van der Waals surface area contributed by atoms with Gasteiger partial charge in [0.2, 0.25) is 10.0 Å². The number of carboxylic acids is 1. The second-order valence-corrected chi connectivity index (χ2v) is 8.70. The predicted molar refractivity (Wildman–Crippen MR) is 107 cm³/mol. The molecule has 2 rings (SSSR count). The van der Waals surface area contributed by atoms with Crippen molar-refractivity contribution < 1.29 is 23.1 Å². The van der Waals surface area contributed by atoms with E-state index in [1.807, 2.05) is 32.9 Å². The van der Waals surface area contributed by atoms with E-state index in [0.717, 1.165) is 5.56 Å². The highest BCUT2D eigenvalue weighted by atomic mass is 32.2. The summed E-state index contributed by atoms with van der Waals surface area (Å²) in [7, 11) is -4.00. The molecule has 0 aliphatic carbocycles. The van der Waals surface area contributed by atoms with Crippen molar-refractivity contribution in [3.63, 3.8) is 0 Å². The van der Waals surface area contributed by atoms with Crippen molar-refractivity contribution in [2.45, 2.75) is 38.1 Å². The number of nitrogens with one attached hydrogen (secondary N) is 2. The zero-order valence-electron chi connectivity index (χ0n) is 16.0. The van der Waals surface area contributed by atoms with Crippen LogP contribution >= 0.6 is 0 Å². The summed E-state index contributed by atoms with van der Waals surface area (Å²) in [5.41, 5.74) is 1.96. The third kappa shape index (κ3) is 5.90. The molecule has 150 valence electrons. The van der Waals surface area contributed by atoms with E-state index in [1.54, 1.807) is 12.1 Å². The van der Waals surface area contributed by atoms with Crippen molar-refractivity contribution >= 4 is 27.6 Å². The van der Waals surface area contributed by atoms with Gasteiger partial charge in [0.15, 0.2) is 0 Å². The number of amides is 1. The maximum Gasteiger partial charge on any atom is 0.321 e. The molecule has 3 N–H and O–H groups in total. The minimum Gasteiger partial charge on any atom is -0.480 e. The van der Waals surface area contributed by atoms with Crippen LogP contribution < -0.4 is 10.0 Å². The number of sulfonamides is 1. The quantitative estimate of drug-likeness (QED) is 0.626. The number of benzene rings is 2. The van der Waals surface area contributed by atoms with Gasteiger partial charge in [0.25, 0.3) is 5.91 Å². The number of carbonyl (C=O) groups is 2. The van der Waals surface area contributed by atoms with Gasteiger partial charge in [-0.3, -0.25) is 9.59 Å². The highest BCUT2D eigenvalue weighted by Crippen LogP contribution is 2.17. The van der Waals surface area contributed by atoms with Crippen LogP contribution in [0.4, 0.5) is 5.69 Å². The Kier molecular flexibility index (Phi) is 6.93. The Labute approximate surface area is 164 Å². The molecular weight excluding hydrogens is 380 g/mol. The van der Waals surface area contributed by atoms with Crippen LogP contribution in [-0.2, 0) is 14.8 Å². The first-order valence-corrected chi connectivity index (χ1v) is 10.3. The van der Waals surface area contributed by atoms with Gasteiger partial charge in [0.1, 0.15) is 6.04 Å². The van der Waals surface area contributed by atoms with E-state index in [1.165, 1.54) is 24.3 Å². The molecule has 0 aliphatic rings. The first-order chi connectivity index (χ1) is 13.1.